The van der Waals surface area contributed by atoms with E-state index in [1.807, 2.05) is 31.0 Å². The first kappa shape index (κ1) is 12.7. The van der Waals surface area contributed by atoms with Gasteiger partial charge in [0.25, 0.3) is 0 Å². The average Bonchev–Trinajstić information content (AvgIpc) is 2.71. The molecule has 0 saturated heterocycles. The third kappa shape index (κ3) is 2.14. The van der Waals surface area contributed by atoms with Crippen molar-refractivity contribution in [3.8, 4) is 12.1 Å². The maximum absolute atomic E-state index is 9.23. The van der Waals surface area contributed by atoms with Crippen LogP contribution in [0.3, 0.4) is 0 Å². The van der Waals surface area contributed by atoms with Crippen LogP contribution in [-0.2, 0) is 7.05 Å². The second kappa shape index (κ2) is 4.83. The Labute approximate surface area is 111 Å². The number of benzene rings is 1. The highest BCUT2D eigenvalue weighted by atomic mass is 15.4. The number of anilines is 2. The summed E-state index contributed by atoms with van der Waals surface area (Å²) in [5.41, 5.74) is 2.68. The molecule has 2 aromatic rings. The van der Waals surface area contributed by atoms with E-state index in [0.29, 0.717) is 16.8 Å². The molecule has 0 aliphatic rings. The Bertz CT molecular complexity index is 700. The highest BCUT2D eigenvalue weighted by molar-refractivity contribution is 5.67. The molecular weight excluding hydrogens is 238 g/mol. The van der Waals surface area contributed by atoms with Crippen molar-refractivity contribution in [1.82, 2.24) is 9.78 Å². The van der Waals surface area contributed by atoms with Crippen LogP contribution in [0.25, 0.3) is 0 Å². The lowest BCUT2D eigenvalue weighted by molar-refractivity contribution is 0.750. The van der Waals surface area contributed by atoms with Crippen molar-refractivity contribution < 1.29 is 0 Å². The smallest absolute Gasteiger partial charge is 0.149 e. The van der Waals surface area contributed by atoms with E-state index in [1.165, 1.54) is 0 Å². The first-order valence-corrected chi connectivity index (χ1v) is 5.76. The fraction of sp³-hybridized carbons (Fsp3) is 0.214. The van der Waals surface area contributed by atoms with Crippen molar-refractivity contribution in [1.29, 1.82) is 10.5 Å². The summed E-state index contributed by atoms with van der Waals surface area (Å²) in [5.74, 6) is 0.718. The van der Waals surface area contributed by atoms with E-state index in [0.717, 1.165) is 11.5 Å². The Morgan fingerprint density at radius 1 is 1.26 bits per heavy atom. The first-order valence-electron chi connectivity index (χ1n) is 5.76. The molecule has 0 amide bonds. The number of hydrogen-bond donors (Lipinski definition) is 0. The quantitative estimate of drug-likeness (QED) is 0.820. The van der Waals surface area contributed by atoms with Crippen LogP contribution in [0, 0.1) is 29.6 Å². The second-order valence-corrected chi connectivity index (χ2v) is 4.24. The number of rotatable bonds is 2. The van der Waals surface area contributed by atoms with Gasteiger partial charge in [-0.2, -0.15) is 15.6 Å². The zero-order valence-corrected chi connectivity index (χ0v) is 11.0. The number of hydrogen-bond acceptors (Lipinski definition) is 4. The summed E-state index contributed by atoms with van der Waals surface area (Å²) in [4.78, 5) is 1.86. The fourth-order valence-electron chi connectivity index (χ4n) is 2.07. The maximum Gasteiger partial charge on any atom is 0.149 e. The predicted octanol–water partition coefficient (Wildman–Crippen LogP) is 2.24. The van der Waals surface area contributed by atoms with Crippen molar-refractivity contribution in [2.75, 3.05) is 11.9 Å². The van der Waals surface area contributed by atoms with E-state index in [9.17, 15) is 5.26 Å². The summed E-state index contributed by atoms with van der Waals surface area (Å²) in [6.45, 7) is 1.81. The monoisotopic (exact) mass is 251 g/mol. The van der Waals surface area contributed by atoms with Crippen LogP contribution < -0.4 is 4.90 Å². The van der Waals surface area contributed by atoms with Gasteiger partial charge in [-0.15, -0.1) is 0 Å². The Morgan fingerprint density at radius 2 is 2.00 bits per heavy atom. The van der Waals surface area contributed by atoms with Crippen LogP contribution in [-0.4, -0.2) is 16.8 Å². The minimum atomic E-state index is 0.548. The zero-order chi connectivity index (χ0) is 14.0. The molecule has 0 spiro atoms. The minimum absolute atomic E-state index is 0.548. The number of aryl methyl sites for hydroxylation is 2. The van der Waals surface area contributed by atoms with Gasteiger partial charge < -0.3 is 4.90 Å². The Kier molecular flexibility index (Phi) is 3.22. The molecular formula is C14H13N5. The summed E-state index contributed by atoms with van der Waals surface area (Å²) in [6.07, 6.45) is 0. The van der Waals surface area contributed by atoms with Crippen molar-refractivity contribution in [2.24, 2.45) is 7.05 Å². The molecule has 0 unspecified atom stereocenters. The molecule has 1 aromatic heterocycles. The zero-order valence-electron chi connectivity index (χ0n) is 11.0. The molecule has 0 N–H and O–H groups in total. The van der Waals surface area contributed by atoms with Crippen LogP contribution in [0.1, 0.15) is 16.8 Å². The Balaban J connectivity index is 2.53. The van der Waals surface area contributed by atoms with Gasteiger partial charge in [-0.25, -0.2) is 0 Å². The predicted molar refractivity (Wildman–Crippen MR) is 71.9 cm³/mol. The summed E-state index contributed by atoms with van der Waals surface area (Å²) in [6, 6.07) is 11.5. The van der Waals surface area contributed by atoms with Crippen LogP contribution in [0.5, 0.6) is 0 Å². The van der Waals surface area contributed by atoms with E-state index in [4.69, 9.17) is 5.26 Å². The van der Waals surface area contributed by atoms with Gasteiger partial charge in [0.1, 0.15) is 17.5 Å². The lowest BCUT2D eigenvalue weighted by atomic mass is 10.2. The highest BCUT2D eigenvalue weighted by Crippen LogP contribution is 2.28. The Morgan fingerprint density at radius 3 is 2.63 bits per heavy atom. The largest absolute Gasteiger partial charge is 0.329 e. The fourth-order valence-corrected chi connectivity index (χ4v) is 2.07. The molecule has 0 radical (unpaired) electrons. The molecule has 0 fully saturated rings. The SMILES string of the molecule is Cc1nn(C)c(N(C)c2cccc(C#N)c2)c1C#N. The maximum atomic E-state index is 9.23. The molecule has 5 nitrogen and oxygen atoms in total. The summed E-state index contributed by atoms with van der Waals surface area (Å²) < 4.78 is 1.67. The van der Waals surface area contributed by atoms with Crippen LogP contribution in [0.4, 0.5) is 11.5 Å². The van der Waals surface area contributed by atoms with Gasteiger partial charge in [-0.3, -0.25) is 4.68 Å². The molecule has 0 bridgehead atoms. The minimum Gasteiger partial charge on any atom is -0.329 e. The Hall–Kier alpha value is -2.79. The summed E-state index contributed by atoms with van der Waals surface area (Å²) in [7, 11) is 3.65. The number of aromatic nitrogens is 2. The van der Waals surface area contributed by atoms with E-state index in [2.05, 4.69) is 17.2 Å². The first-order chi connectivity index (χ1) is 9.08. The van der Waals surface area contributed by atoms with Gasteiger partial charge >= 0.3 is 0 Å². The third-order valence-corrected chi connectivity index (χ3v) is 2.98. The van der Waals surface area contributed by atoms with E-state index in [-0.39, 0.29) is 0 Å². The van der Waals surface area contributed by atoms with Gasteiger partial charge in [-0.1, -0.05) is 6.07 Å². The average molecular weight is 251 g/mol. The lowest BCUT2D eigenvalue weighted by Gasteiger charge is -2.19. The molecule has 1 heterocycles. The van der Waals surface area contributed by atoms with Crippen molar-refractivity contribution in [3.05, 3.63) is 41.1 Å². The molecule has 0 atom stereocenters. The second-order valence-electron chi connectivity index (χ2n) is 4.24. The normalized spacial score (nSPS) is 9.74. The van der Waals surface area contributed by atoms with Gasteiger partial charge in [0.2, 0.25) is 0 Å². The molecule has 94 valence electrons. The lowest BCUT2D eigenvalue weighted by Crippen LogP contribution is -2.14. The molecule has 5 heteroatoms. The van der Waals surface area contributed by atoms with Gasteiger partial charge in [0.15, 0.2) is 0 Å². The van der Waals surface area contributed by atoms with Gasteiger partial charge in [0, 0.05) is 19.8 Å². The molecule has 0 aliphatic carbocycles. The topological polar surface area (TPSA) is 68.6 Å². The molecule has 0 saturated carbocycles. The van der Waals surface area contributed by atoms with Crippen molar-refractivity contribution in [3.63, 3.8) is 0 Å². The standard InChI is InChI=1S/C14H13N5/c1-10-13(9-16)14(19(3)17-10)18(2)12-6-4-5-11(7-12)8-15/h4-7H,1-3H3. The van der Waals surface area contributed by atoms with Crippen LogP contribution in [0.15, 0.2) is 24.3 Å². The molecule has 0 aliphatic heterocycles. The van der Waals surface area contributed by atoms with E-state index >= 15 is 0 Å². The van der Waals surface area contributed by atoms with Crippen LogP contribution >= 0.6 is 0 Å². The molecule has 1 aromatic carbocycles. The summed E-state index contributed by atoms with van der Waals surface area (Å²) in [5, 5.41) is 22.4. The number of nitriles is 2. The third-order valence-electron chi connectivity index (χ3n) is 2.98. The van der Waals surface area contributed by atoms with Gasteiger partial charge in [-0.05, 0) is 25.1 Å². The molecule has 2 rings (SSSR count). The van der Waals surface area contributed by atoms with Crippen molar-refractivity contribution in [2.45, 2.75) is 6.92 Å². The highest BCUT2D eigenvalue weighted by Gasteiger charge is 2.17. The van der Waals surface area contributed by atoms with Crippen molar-refractivity contribution >= 4 is 11.5 Å². The van der Waals surface area contributed by atoms with E-state index < -0.39 is 0 Å². The van der Waals surface area contributed by atoms with Crippen LogP contribution in [0.2, 0.25) is 0 Å². The number of nitrogens with zero attached hydrogens (tertiary/aromatic N) is 5. The van der Waals surface area contributed by atoms with E-state index in [1.54, 1.807) is 23.9 Å². The summed E-state index contributed by atoms with van der Waals surface area (Å²) >= 11 is 0. The van der Waals surface area contributed by atoms with Gasteiger partial charge in [0.05, 0.1) is 17.3 Å². The molecule has 19 heavy (non-hydrogen) atoms.